The van der Waals surface area contributed by atoms with Gasteiger partial charge in [0.05, 0.1) is 6.04 Å². The Balaban J connectivity index is 2.63. The second-order valence-corrected chi connectivity index (χ2v) is 3.82. The maximum absolute atomic E-state index is 11.4. The van der Waals surface area contributed by atoms with Gasteiger partial charge < -0.3 is 10.4 Å². The van der Waals surface area contributed by atoms with Crippen LogP contribution in [0.15, 0.2) is 36.4 Å². The molecule has 0 saturated carbocycles. The topological polar surface area (TPSA) is 66.4 Å². The van der Waals surface area contributed by atoms with Gasteiger partial charge >= 0.3 is 5.97 Å². The third-order valence-corrected chi connectivity index (χ3v) is 2.28. The molecule has 0 heterocycles. The molecule has 0 aliphatic heterocycles. The second-order valence-electron chi connectivity index (χ2n) is 3.82. The Morgan fingerprint density at radius 2 is 2.06 bits per heavy atom. The van der Waals surface area contributed by atoms with Gasteiger partial charge in [-0.05, 0) is 19.4 Å². The summed E-state index contributed by atoms with van der Waals surface area (Å²) in [5.74, 6) is -1.55. The fourth-order valence-corrected chi connectivity index (χ4v) is 1.43. The molecule has 4 heteroatoms. The van der Waals surface area contributed by atoms with Crippen molar-refractivity contribution in [1.29, 1.82) is 0 Å². The summed E-state index contributed by atoms with van der Waals surface area (Å²) in [4.78, 5) is 21.6. The van der Waals surface area contributed by atoms with Gasteiger partial charge in [0.2, 0.25) is 5.91 Å². The average Bonchev–Trinajstić information content (AvgIpc) is 2.26. The molecular weight excluding hydrogens is 218 g/mol. The Kier molecular flexibility index (Phi) is 4.46. The number of aliphatic carboxylic acids is 1. The van der Waals surface area contributed by atoms with Crippen LogP contribution >= 0.6 is 0 Å². The molecule has 90 valence electrons. The summed E-state index contributed by atoms with van der Waals surface area (Å²) in [6.07, 6.45) is 1.83. The predicted octanol–water partition coefficient (Wildman–Crippen LogP) is 1.81. The quantitative estimate of drug-likeness (QED) is 0.779. The summed E-state index contributed by atoms with van der Waals surface area (Å²) in [7, 11) is 0. The molecule has 0 fully saturated rings. The SMILES string of the molecule is Cc1cccc([C@@H](C)NC(=O)/C=C/C(=O)O)c1. The maximum Gasteiger partial charge on any atom is 0.328 e. The number of benzene rings is 1. The molecule has 1 aromatic carbocycles. The number of carboxylic acids is 1. The van der Waals surface area contributed by atoms with Gasteiger partial charge in [0.25, 0.3) is 0 Å². The number of amides is 1. The first-order chi connectivity index (χ1) is 7.99. The molecule has 1 atom stereocenters. The molecule has 0 aliphatic carbocycles. The van der Waals surface area contributed by atoms with Crippen molar-refractivity contribution < 1.29 is 14.7 Å². The first kappa shape index (κ1) is 13.0. The van der Waals surface area contributed by atoms with Gasteiger partial charge in [-0.15, -0.1) is 0 Å². The van der Waals surface area contributed by atoms with E-state index in [2.05, 4.69) is 5.32 Å². The molecule has 1 aromatic rings. The van der Waals surface area contributed by atoms with E-state index in [0.29, 0.717) is 0 Å². The number of nitrogens with one attached hydrogen (secondary N) is 1. The van der Waals surface area contributed by atoms with Crippen LogP contribution < -0.4 is 5.32 Å². The number of hydrogen-bond acceptors (Lipinski definition) is 2. The second kappa shape index (κ2) is 5.84. The van der Waals surface area contributed by atoms with Crippen LogP contribution in [-0.4, -0.2) is 17.0 Å². The Labute approximate surface area is 100.0 Å². The van der Waals surface area contributed by atoms with Crippen molar-refractivity contribution in [3.63, 3.8) is 0 Å². The fourth-order valence-electron chi connectivity index (χ4n) is 1.43. The van der Waals surface area contributed by atoms with E-state index in [1.165, 1.54) is 0 Å². The van der Waals surface area contributed by atoms with E-state index in [4.69, 9.17) is 5.11 Å². The van der Waals surface area contributed by atoms with Crippen molar-refractivity contribution in [2.75, 3.05) is 0 Å². The molecule has 1 amide bonds. The number of carbonyl (C=O) groups excluding carboxylic acids is 1. The zero-order valence-electron chi connectivity index (χ0n) is 9.81. The molecule has 0 radical (unpaired) electrons. The lowest BCUT2D eigenvalue weighted by atomic mass is 10.1. The summed E-state index contributed by atoms with van der Waals surface area (Å²) in [6.45, 7) is 3.82. The molecule has 4 nitrogen and oxygen atoms in total. The zero-order valence-corrected chi connectivity index (χ0v) is 9.81. The zero-order chi connectivity index (χ0) is 12.8. The van der Waals surface area contributed by atoms with Crippen LogP contribution in [0, 0.1) is 6.92 Å². The molecule has 2 N–H and O–H groups in total. The molecule has 0 bridgehead atoms. The van der Waals surface area contributed by atoms with Gasteiger partial charge in [-0.2, -0.15) is 0 Å². The van der Waals surface area contributed by atoms with Crippen LogP contribution in [0.3, 0.4) is 0 Å². The number of rotatable bonds is 4. The average molecular weight is 233 g/mol. The Hall–Kier alpha value is -2.10. The molecule has 0 aromatic heterocycles. The minimum absolute atomic E-state index is 0.152. The van der Waals surface area contributed by atoms with E-state index in [0.717, 1.165) is 23.3 Å². The largest absolute Gasteiger partial charge is 0.478 e. The van der Waals surface area contributed by atoms with E-state index in [-0.39, 0.29) is 6.04 Å². The van der Waals surface area contributed by atoms with Crippen molar-refractivity contribution in [2.24, 2.45) is 0 Å². The third-order valence-electron chi connectivity index (χ3n) is 2.28. The lowest BCUT2D eigenvalue weighted by Gasteiger charge is -2.13. The lowest BCUT2D eigenvalue weighted by Crippen LogP contribution is -2.24. The number of carbonyl (C=O) groups is 2. The van der Waals surface area contributed by atoms with Crippen LogP contribution in [0.25, 0.3) is 0 Å². The smallest absolute Gasteiger partial charge is 0.328 e. The highest BCUT2D eigenvalue weighted by Crippen LogP contribution is 2.13. The number of hydrogen-bond donors (Lipinski definition) is 2. The van der Waals surface area contributed by atoms with Crippen LogP contribution in [0.2, 0.25) is 0 Å². The molecule has 0 saturated heterocycles. The Morgan fingerprint density at radius 1 is 1.35 bits per heavy atom. The van der Waals surface area contributed by atoms with Crippen molar-refractivity contribution >= 4 is 11.9 Å². The molecule has 0 spiro atoms. The summed E-state index contributed by atoms with van der Waals surface area (Å²) < 4.78 is 0. The molecule has 17 heavy (non-hydrogen) atoms. The van der Waals surface area contributed by atoms with E-state index < -0.39 is 11.9 Å². The van der Waals surface area contributed by atoms with Crippen molar-refractivity contribution in [3.05, 3.63) is 47.5 Å². The highest BCUT2D eigenvalue weighted by atomic mass is 16.4. The number of aryl methyl sites for hydroxylation is 1. The molecule has 0 unspecified atom stereocenters. The fraction of sp³-hybridized carbons (Fsp3) is 0.231. The van der Waals surface area contributed by atoms with Gasteiger partial charge in [0, 0.05) is 12.2 Å². The maximum atomic E-state index is 11.4. The Morgan fingerprint density at radius 3 is 2.65 bits per heavy atom. The van der Waals surface area contributed by atoms with Crippen LogP contribution in [0.1, 0.15) is 24.1 Å². The number of carboxylic acid groups (broad SMARTS) is 1. The summed E-state index contributed by atoms with van der Waals surface area (Å²) >= 11 is 0. The van der Waals surface area contributed by atoms with Gasteiger partial charge in [-0.3, -0.25) is 4.79 Å². The standard InChI is InChI=1S/C13H15NO3/c1-9-4-3-5-11(8-9)10(2)14-12(15)6-7-13(16)17/h3-8,10H,1-2H3,(H,14,15)(H,16,17)/b7-6+/t10-/m1/s1. The monoisotopic (exact) mass is 233 g/mol. The molecule has 0 aliphatic rings. The van der Waals surface area contributed by atoms with Gasteiger partial charge in [-0.25, -0.2) is 4.79 Å². The summed E-state index contributed by atoms with van der Waals surface area (Å²) in [5.41, 5.74) is 2.10. The minimum Gasteiger partial charge on any atom is -0.478 e. The van der Waals surface area contributed by atoms with Crippen LogP contribution in [0.5, 0.6) is 0 Å². The normalized spacial score (nSPS) is 12.4. The third kappa shape index (κ3) is 4.51. The minimum atomic E-state index is -1.14. The first-order valence-electron chi connectivity index (χ1n) is 5.27. The van der Waals surface area contributed by atoms with Crippen LogP contribution in [0.4, 0.5) is 0 Å². The highest BCUT2D eigenvalue weighted by molar-refractivity contribution is 5.94. The predicted molar refractivity (Wildman–Crippen MR) is 64.5 cm³/mol. The van der Waals surface area contributed by atoms with Gasteiger partial charge in [0.15, 0.2) is 0 Å². The first-order valence-corrected chi connectivity index (χ1v) is 5.27. The van der Waals surface area contributed by atoms with E-state index in [9.17, 15) is 9.59 Å². The molecular formula is C13H15NO3. The van der Waals surface area contributed by atoms with E-state index in [1.807, 2.05) is 38.1 Å². The Bertz CT molecular complexity index is 452. The van der Waals surface area contributed by atoms with Crippen molar-refractivity contribution in [1.82, 2.24) is 5.32 Å². The van der Waals surface area contributed by atoms with Crippen LogP contribution in [-0.2, 0) is 9.59 Å². The van der Waals surface area contributed by atoms with Crippen molar-refractivity contribution in [3.8, 4) is 0 Å². The highest BCUT2D eigenvalue weighted by Gasteiger charge is 2.07. The van der Waals surface area contributed by atoms with E-state index in [1.54, 1.807) is 0 Å². The lowest BCUT2D eigenvalue weighted by molar-refractivity contribution is -0.131. The molecule has 1 rings (SSSR count). The van der Waals surface area contributed by atoms with E-state index >= 15 is 0 Å². The summed E-state index contributed by atoms with van der Waals surface area (Å²) in [6, 6.07) is 7.63. The van der Waals surface area contributed by atoms with Gasteiger partial charge in [0.1, 0.15) is 0 Å². The summed E-state index contributed by atoms with van der Waals surface area (Å²) in [5, 5.41) is 11.1. The van der Waals surface area contributed by atoms with Gasteiger partial charge in [-0.1, -0.05) is 29.8 Å². The van der Waals surface area contributed by atoms with Crippen molar-refractivity contribution in [2.45, 2.75) is 19.9 Å².